The largest absolute Gasteiger partial charge is 0.393 e. The second kappa shape index (κ2) is 5.53. The Labute approximate surface area is 108 Å². The first-order chi connectivity index (χ1) is 8.56. The number of aryl methyl sites for hydroxylation is 2. The average Bonchev–Trinajstić information content (AvgIpc) is 2.34. The van der Waals surface area contributed by atoms with Crippen LogP contribution in [-0.4, -0.2) is 35.1 Å². The molecule has 0 unspecified atom stereocenters. The Balaban J connectivity index is 1.96. The maximum absolute atomic E-state index is 12.1. The van der Waals surface area contributed by atoms with Crippen molar-refractivity contribution in [3.05, 3.63) is 34.9 Å². The summed E-state index contributed by atoms with van der Waals surface area (Å²) in [4.78, 5) is 14.0. The molecule has 0 bridgehead atoms. The predicted molar refractivity (Wildman–Crippen MR) is 71.4 cm³/mol. The van der Waals surface area contributed by atoms with Gasteiger partial charge >= 0.3 is 0 Å². The number of benzene rings is 1. The van der Waals surface area contributed by atoms with Crippen molar-refractivity contribution in [1.82, 2.24) is 4.90 Å². The normalized spacial score (nSPS) is 16.9. The Morgan fingerprint density at radius 2 is 1.94 bits per heavy atom. The van der Waals surface area contributed by atoms with E-state index in [1.165, 1.54) is 11.1 Å². The van der Waals surface area contributed by atoms with Gasteiger partial charge in [0.2, 0.25) is 5.91 Å². The van der Waals surface area contributed by atoms with E-state index in [0.29, 0.717) is 32.4 Å². The van der Waals surface area contributed by atoms with E-state index in [4.69, 9.17) is 0 Å². The van der Waals surface area contributed by atoms with E-state index in [-0.39, 0.29) is 12.0 Å². The highest BCUT2D eigenvalue weighted by molar-refractivity contribution is 5.79. The molecule has 0 atom stereocenters. The molecule has 1 heterocycles. The number of carbonyl (C=O) groups excluding carboxylic acids is 1. The molecule has 98 valence electrons. The molecule has 0 aromatic heterocycles. The molecule has 1 aliphatic rings. The van der Waals surface area contributed by atoms with Crippen LogP contribution in [0, 0.1) is 13.8 Å². The molecule has 1 saturated heterocycles. The zero-order chi connectivity index (χ0) is 13.1. The summed E-state index contributed by atoms with van der Waals surface area (Å²) in [5.74, 6) is 0.171. The molecule has 0 saturated carbocycles. The Kier molecular flexibility index (Phi) is 4.02. The molecule has 1 aromatic rings. The van der Waals surface area contributed by atoms with Crippen LogP contribution in [0.3, 0.4) is 0 Å². The Bertz CT molecular complexity index is 434. The number of amides is 1. The second-order valence-electron chi connectivity index (χ2n) is 5.21. The minimum atomic E-state index is -0.226. The molecule has 18 heavy (non-hydrogen) atoms. The van der Waals surface area contributed by atoms with E-state index >= 15 is 0 Å². The fourth-order valence-corrected chi connectivity index (χ4v) is 2.32. The third-order valence-electron chi connectivity index (χ3n) is 3.74. The van der Waals surface area contributed by atoms with Gasteiger partial charge in [0.05, 0.1) is 12.5 Å². The molecule has 0 aliphatic carbocycles. The molecular weight excluding hydrogens is 226 g/mol. The molecule has 1 aromatic carbocycles. The standard InChI is InChI=1S/C15H21NO2/c1-11-3-4-13(9-12(11)2)10-15(18)16-7-5-14(17)6-8-16/h3-4,9,14,17H,5-8,10H2,1-2H3. The number of piperidine rings is 1. The lowest BCUT2D eigenvalue weighted by Crippen LogP contribution is -2.40. The Morgan fingerprint density at radius 1 is 1.28 bits per heavy atom. The predicted octanol–water partition coefficient (Wildman–Crippen LogP) is 1.83. The molecule has 3 heteroatoms. The summed E-state index contributed by atoms with van der Waals surface area (Å²) in [5, 5.41) is 9.43. The van der Waals surface area contributed by atoms with Crippen molar-refractivity contribution in [1.29, 1.82) is 0 Å². The zero-order valence-corrected chi connectivity index (χ0v) is 11.1. The second-order valence-corrected chi connectivity index (χ2v) is 5.21. The molecule has 1 N–H and O–H groups in total. The summed E-state index contributed by atoms with van der Waals surface area (Å²) in [6, 6.07) is 6.18. The van der Waals surface area contributed by atoms with Gasteiger partial charge in [0, 0.05) is 13.1 Å². The van der Waals surface area contributed by atoms with Gasteiger partial charge < -0.3 is 10.0 Å². The SMILES string of the molecule is Cc1ccc(CC(=O)N2CCC(O)CC2)cc1C. The van der Waals surface area contributed by atoms with Crippen LogP contribution in [0.15, 0.2) is 18.2 Å². The first-order valence-corrected chi connectivity index (χ1v) is 6.58. The molecule has 1 amide bonds. The number of nitrogens with zero attached hydrogens (tertiary/aromatic N) is 1. The van der Waals surface area contributed by atoms with E-state index in [1.54, 1.807) is 0 Å². The lowest BCUT2D eigenvalue weighted by atomic mass is 10.0. The molecule has 3 nitrogen and oxygen atoms in total. The third kappa shape index (κ3) is 3.10. The van der Waals surface area contributed by atoms with E-state index < -0.39 is 0 Å². The number of likely N-dealkylation sites (tertiary alicyclic amines) is 1. The summed E-state index contributed by atoms with van der Waals surface area (Å²) < 4.78 is 0. The molecule has 0 radical (unpaired) electrons. The number of aliphatic hydroxyl groups is 1. The molecular formula is C15H21NO2. The van der Waals surface area contributed by atoms with Gasteiger partial charge in [-0.3, -0.25) is 4.79 Å². The van der Waals surface area contributed by atoms with Crippen molar-refractivity contribution >= 4 is 5.91 Å². The molecule has 1 fully saturated rings. The van der Waals surface area contributed by atoms with E-state index in [1.807, 2.05) is 11.0 Å². The van der Waals surface area contributed by atoms with Gasteiger partial charge in [0.25, 0.3) is 0 Å². The number of rotatable bonds is 2. The molecule has 2 rings (SSSR count). The van der Waals surface area contributed by atoms with Gasteiger partial charge in [-0.1, -0.05) is 18.2 Å². The van der Waals surface area contributed by atoms with Crippen LogP contribution >= 0.6 is 0 Å². The van der Waals surface area contributed by atoms with Gasteiger partial charge in [0.15, 0.2) is 0 Å². The van der Waals surface area contributed by atoms with Crippen LogP contribution in [0.5, 0.6) is 0 Å². The third-order valence-corrected chi connectivity index (χ3v) is 3.74. The van der Waals surface area contributed by atoms with Crippen LogP contribution in [0.1, 0.15) is 29.5 Å². The first kappa shape index (κ1) is 13.1. The fourth-order valence-electron chi connectivity index (χ4n) is 2.32. The van der Waals surface area contributed by atoms with Gasteiger partial charge in [-0.25, -0.2) is 0 Å². The molecule has 1 aliphatic heterocycles. The summed E-state index contributed by atoms with van der Waals surface area (Å²) in [6.07, 6.45) is 1.66. The maximum Gasteiger partial charge on any atom is 0.226 e. The molecule has 0 spiro atoms. The number of carbonyl (C=O) groups is 1. The van der Waals surface area contributed by atoms with Gasteiger partial charge in [-0.15, -0.1) is 0 Å². The quantitative estimate of drug-likeness (QED) is 0.866. The summed E-state index contributed by atoms with van der Waals surface area (Å²) in [6.45, 7) is 5.52. The first-order valence-electron chi connectivity index (χ1n) is 6.58. The van der Waals surface area contributed by atoms with Crippen LogP contribution in [0.4, 0.5) is 0 Å². The topological polar surface area (TPSA) is 40.5 Å². The van der Waals surface area contributed by atoms with Crippen molar-refractivity contribution in [2.45, 2.75) is 39.2 Å². The lowest BCUT2D eigenvalue weighted by molar-refractivity contribution is -0.132. The minimum absolute atomic E-state index is 0.171. The number of hydrogen-bond acceptors (Lipinski definition) is 2. The monoisotopic (exact) mass is 247 g/mol. The van der Waals surface area contributed by atoms with Crippen molar-refractivity contribution < 1.29 is 9.90 Å². The van der Waals surface area contributed by atoms with Crippen LogP contribution in [-0.2, 0) is 11.2 Å². The van der Waals surface area contributed by atoms with Gasteiger partial charge in [-0.2, -0.15) is 0 Å². The highest BCUT2D eigenvalue weighted by Gasteiger charge is 2.21. The van der Waals surface area contributed by atoms with Crippen molar-refractivity contribution in [3.8, 4) is 0 Å². The number of aliphatic hydroxyl groups excluding tert-OH is 1. The van der Waals surface area contributed by atoms with Crippen LogP contribution < -0.4 is 0 Å². The summed E-state index contributed by atoms with van der Waals surface area (Å²) in [5.41, 5.74) is 3.57. The highest BCUT2D eigenvalue weighted by Crippen LogP contribution is 2.14. The van der Waals surface area contributed by atoms with Crippen molar-refractivity contribution in [2.24, 2.45) is 0 Å². The number of hydrogen-bond donors (Lipinski definition) is 1. The van der Waals surface area contributed by atoms with E-state index in [9.17, 15) is 9.90 Å². The van der Waals surface area contributed by atoms with Crippen molar-refractivity contribution in [3.63, 3.8) is 0 Å². The summed E-state index contributed by atoms with van der Waals surface area (Å²) in [7, 11) is 0. The smallest absolute Gasteiger partial charge is 0.226 e. The average molecular weight is 247 g/mol. The van der Waals surface area contributed by atoms with Crippen LogP contribution in [0.2, 0.25) is 0 Å². The lowest BCUT2D eigenvalue weighted by Gasteiger charge is -2.29. The zero-order valence-electron chi connectivity index (χ0n) is 11.1. The van der Waals surface area contributed by atoms with Crippen molar-refractivity contribution in [2.75, 3.05) is 13.1 Å². The highest BCUT2D eigenvalue weighted by atomic mass is 16.3. The van der Waals surface area contributed by atoms with Gasteiger partial charge in [-0.05, 0) is 43.4 Å². The fraction of sp³-hybridized carbons (Fsp3) is 0.533. The van der Waals surface area contributed by atoms with E-state index in [0.717, 1.165) is 5.56 Å². The maximum atomic E-state index is 12.1. The van der Waals surface area contributed by atoms with E-state index in [2.05, 4.69) is 26.0 Å². The van der Waals surface area contributed by atoms with Gasteiger partial charge in [0.1, 0.15) is 0 Å². The Hall–Kier alpha value is -1.35. The van der Waals surface area contributed by atoms with Crippen LogP contribution in [0.25, 0.3) is 0 Å². The summed E-state index contributed by atoms with van der Waals surface area (Å²) >= 11 is 0. The minimum Gasteiger partial charge on any atom is -0.393 e. The Morgan fingerprint density at radius 3 is 2.56 bits per heavy atom.